The quantitative estimate of drug-likeness (QED) is 0.452. The maximum absolute atomic E-state index is 11.8. The predicted molar refractivity (Wildman–Crippen MR) is 65.2 cm³/mol. The molecule has 5 heteroatoms. The summed E-state index contributed by atoms with van der Waals surface area (Å²) in [4.78, 5) is 11.8. The highest BCUT2D eigenvalue weighted by molar-refractivity contribution is 6.07. The van der Waals surface area contributed by atoms with Crippen molar-refractivity contribution < 1.29 is 19.0 Å². The van der Waals surface area contributed by atoms with E-state index in [-0.39, 0.29) is 11.5 Å². The zero-order valence-electron chi connectivity index (χ0n) is 10.4. The summed E-state index contributed by atoms with van der Waals surface area (Å²) in [5.41, 5.74) is 0.307. The summed E-state index contributed by atoms with van der Waals surface area (Å²) in [6.45, 7) is 0. The van der Waals surface area contributed by atoms with E-state index in [9.17, 15) is 4.79 Å². The van der Waals surface area contributed by atoms with E-state index < -0.39 is 0 Å². The van der Waals surface area contributed by atoms with Crippen LogP contribution in [0.3, 0.4) is 0 Å². The summed E-state index contributed by atoms with van der Waals surface area (Å²) in [5, 5.41) is 8.41. The molecule has 0 aliphatic carbocycles. The third kappa shape index (κ3) is 2.61. The normalized spacial score (nSPS) is 9.89. The molecular formula is C13H13NO4. The summed E-state index contributed by atoms with van der Waals surface area (Å²) in [7, 11) is 4.39. The molecule has 5 nitrogen and oxygen atoms in total. The van der Waals surface area contributed by atoms with Gasteiger partial charge in [0, 0.05) is 6.08 Å². The Morgan fingerprint density at radius 3 is 2.33 bits per heavy atom. The zero-order valence-corrected chi connectivity index (χ0v) is 10.4. The smallest absolute Gasteiger partial charge is 0.204 e. The van der Waals surface area contributed by atoms with Crippen molar-refractivity contribution in [3.05, 3.63) is 29.8 Å². The van der Waals surface area contributed by atoms with Gasteiger partial charge in [0.15, 0.2) is 17.3 Å². The molecule has 0 bridgehead atoms. The number of hydrogen-bond acceptors (Lipinski definition) is 5. The van der Waals surface area contributed by atoms with Gasteiger partial charge in [-0.25, -0.2) is 0 Å². The fraction of sp³-hybridized carbons (Fsp3) is 0.231. The van der Waals surface area contributed by atoms with Gasteiger partial charge in [0.05, 0.1) is 33.0 Å². The minimum Gasteiger partial charge on any atom is -0.493 e. The molecule has 0 atom stereocenters. The highest BCUT2D eigenvalue weighted by Gasteiger charge is 2.18. The number of carbonyl (C=O) groups is 1. The fourth-order valence-electron chi connectivity index (χ4n) is 1.50. The minimum atomic E-state index is -0.339. The van der Waals surface area contributed by atoms with E-state index in [0.717, 1.165) is 6.08 Å². The van der Waals surface area contributed by atoms with Crippen molar-refractivity contribution in [2.24, 2.45) is 0 Å². The van der Waals surface area contributed by atoms with E-state index in [0.29, 0.717) is 17.1 Å². The Kier molecular flexibility index (Phi) is 4.76. The molecule has 0 fully saturated rings. The number of hydrogen-bond donors (Lipinski definition) is 0. The number of nitrogens with zero attached hydrogens (tertiary/aromatic N) is 1. The number of ether oxygens (including phenoxy) is 3. The highest BCUT2D eigenvalue weighted by Crippen LogP contribution is 2.39. The third-order valence-corrected chi connectivity index (χ3v) is 2.28. The standard InChI is InChI=1S/C13H13NO4/c1-16-11-7-6-9(10(15)5-4-8-14)12(17-2)13(11)18-3/h4-7H,1-3H3/b5-4+. The van der Waals surface area contributed by atoms with Crippen LogP contribution in [0, 0.1) is 11.3 Å². The van der Waals surface area contributed by atoms with Gasteiger partial charge in [-0.05, 0) is 18.2 Å². The van der Waals surface area contributed by atoms with Gasteiger partial charge >= 0.3 is 0 Å². The first-order valence-electron chi connectivity index (χ1n) is 5.09. The van der Waals surface area contributed by atoms with E-state index in [1.165, 1.54) is 27.4 Å². The second kappa shape index (κ2) is 6.30. The van der Waals surface area contributed by atoms with Gasteiger partial charge < -0.3 is 14.2 Å². The van der Waals surface area contributed by atoms with Gasteiger partial charge in [-0.2, -0.15) is 5.26 Å². The lowest BCUT2D eigenvalue weighted by molar-refractivity contribution is 0.104. The molecule has 94 valence electrons. The van der Waals surface area contributed by atoms with Gasteiger partial charge in [-0.15, -0.1) is 0 Å². The number of nitriles is 1. The van der Waals surface area contributed by atoms with Crippen LogP contribution in [0.15, 0.2) is 24.3 Å². The average Bonchev–Trinajstić information content (AvgIpc) is 2.42. The first-order valence-corrected chi connectivity index (χ1v) is 5.09. The van der Waals surface area contributed by atoms with Crippen LogP contribution in [0.1, 0.15) is 10.4 Å². The van der Waals surface area contributed by atoms with Crippen LogP contribution in [-0.2, 0) is 0 Å². The number of benzene rings is 1. The Bertz CT molecular complexity index is 514. The lowest BCUT2D eigenvalue weighted by atomic mass is 10.1. The van der Waals surface area contributed by atoms with Gasteiger partial charge in [0.1, 0.15) is 0 Å². The van der Waals surface area contributed by atoms with Crippen molar-refractivity contribution in [3.63, 3.8) is 0 Å². The van der Waals surface area contributed by atoms with Gasteiger partial charge in [-0.3, -0.25) is 4.79 Å². The summed E-state index contributed by atoms with van der Waals surface area (Å²) in [6, 6.07) is 4.92. The molecule has 0 saturated heterocycles. The Labute approximate surface area is 105 Å². The number of carbonyl (C=O) groups excluding carboxylic acids is 1. The molecule has 0 spiro atoms. The third-order valence-electron chi connectivity index (χ3n) is 2.28. The molecule has 1 aromatic rings. The zero-order chi connectivity index (χ0) is 13.5. The molecule has 0 aromatic heterocycles. The van der Waals surface area contributed by atoms with Crippen LogP contribution in [-0.4, -0.2) is 27.1 Å². The van der Waals surface area contributed by atoms with Crippen LogP contribution < -0.4 is 14.2 Å². The number of rotatable bonds is 5. The molecule has 1 aromatic carbocycles. The number of methoxy groups -OCH3 is 3. The predicted octanol–water partition coefficient (Wildman–Crippen LogP) is 1.97. The lowest BCUT2D eigenvalue weighted by Gasteiger charge is -2.14. The van der Waals surface area contributed by atoms with Gasteiger partial charge in [-0.1, -0.05) is 0 Å². The van der Waals surface area contributed by atoms with Crippen molar-refractivity contribution in [1.29, 1.82) is 5.26 Å². The second-order valence-corrected chi connectivity index (χ2v) is 3.21. The molecule has 0 aliphatic rings. The molecule has 0 radical (unpaired) electrons. The maximum atomic E-state index is 11.8. The lowest BCUT2D eigenvalue weighted by Crippen LogP contribution is -2.02. The molecule has 1 rings (SSSR count). The molecule has 0 aliphatic heterocycles. The average molecular weight is 247 g/mol. The molecule has 0 N–H and O–H groups in total. The maximum Gasteiger partial charge on any atom is 0.204 e. The molecule has 0 amide bonds. The summed E-state index contributed by atoms with van der Waals surface area (Å²) in [5.74, 6) is 0.755. The molecular weight excluding hydrogens is 234 g/mol. The Morgan fingerprint density at radius 2 is 1.83 bits per heavy atom. The second-order valence-electron chi connectivity index (χ2n) is 3.21. The minimum absolute atomic E-state index is 0.282. The Morgan fingerprint density at radius 1 is 1.17 bits per heavy atom. The van der Waals surface area contributed by atoms with Crippen molar-refractivity contribution in [2.45, 2.75) is 0 Å². The van der Waals surface area contributed by atoms with E-state index in [4.69, 9.17) is 19.5 Å². The topological polar surface area (TPSA) is 68.6 Å². The first-order chi connectivity index (χ1) is 8.69. The van der Waals surface area contributed by atoms with Crippen molar-refractivity contribution in [3.8, 4) is 23.3 Å². The van der Waals surface area contributed by atoms with Crippen LogP contribution in [0.2, 0.25) is 0 Å². The largest absolute Gasteiger partial charge is 0.493 e. The van der Waals surface area contributed by atoms with E-state index in [2.05, 4.69) is 0 Å². The Hall–Kier alpha value is -2.48. The molecule has 0 heterocycles. The van der Waals surface area contributed by atoms with Crippen molar-refractivity contribution in [1.82, 2.24) is 0 Å². The van der Waals surface area contributed by atoms with Crippen molar-refractivity contribution in [2.75, 3.05) is 21.3 Å². The number of ketones is 1. The van der Waals surface area contributed by atoms with E-state index >= 15 is 0 Å². The first kappa shape index (κ1) is 13.6. The molecule has 0 saturated carbocycles. The van der Waals surface area contributed by atoms with E-state index in [1.807, 2.05) is 0 Å². The van der Waals surface area contributed by atoms with Gasteiger partial charge in [0.2, 0.25) is 5.75 Å². The van der Waals surface area contributed by atoms with E-state index in [1.54, 1.807) is 18.2 Å². The highest BCUT2D eigenvalue weighted by atomic mass is 16.5. The fourth-order valence-corrected chi connectivity index (χ4v) is 1.50. The monoisotopic (exact) mass is 247 g/mol. The number of allylic oxidation sites excluding steroid dienone is 2. The van der Waals surface area contributed by atoms with Crippen LogP contribution in [0.25, 0.3) is 0 Å². The summed E-state index contributed by atoms with van der Waals surface area (Å²) >= 11 is 0. The van der Waals surface area contributed by atoms with Crippen LogP contribution >= 0.6 is 0 Å². The van der Waals surface area contributed by atoms with Crippen LogP contribution in [0.5, 0.6) is 17.2 Å². The summed E-state index contributed by atoms with van der Waals surface area (Å²) in [6.07, 6.45) is 2.28. The van der Waals surface area contributed by atoms with Crippen molar-refractivity contribution >= 4 is 5.78 Å². The Balaban J connectivity index is 3.34. The van der Waals surface area contributed by atoms with Crippen LogP contribution in [0.4, 0.5) is 0 Å². The SMILES string of the molecule is COc1ccc(C(=O)/C=C/C#N)c(OC)c1OC. The summed E-state index contributed by atoms with van der Waals surface area (Å²) < 4.78 is 15.4. The molecule has 18 heavy (non-hydrogen) atoms. The van der Waals surface area contributed by atoms with Gasteiger partial charge in [0.25, 0.3) is 0 Å². The molecule has 0 unspecified atom stereocenters.